The van der Waals surface area contributed by atoms with E-state index in [0.717, 1.165) is 27.9 Å². The minimum Gasteiger partial charge on any atom is -0.282 e. The highest BCUT2D eigenvalue weighted by atomic mass is 16.2. The van der Waals surface area contributed by atoms with E-state index in [1.807, 2.05) is 63.2 Å². The molecule has 1 aliphatic rings. The van der Waals surface area contributed by atoms with Crippen molar-refractivity contribution in [2.45, 2.75) is 40.3 Å². The third-order valence-electron chi connectivity index (χ3n) is 4.59. The van der Waals surface area contributed by atoms with Crippen molar-refractivity contribution in [3.63, 3.8) is 0 Å². The van der Waals surface area contributed by atoms with Gasteiger partial charge in [-0.1, -0.05) is 41.5 Å². The monoisotopic (exact) mass is 322 g/mol. The average molecular weight is 322 g/mol. The number of carbonyl (C=O) groups excluding carboxylic acids is 2. The smallest absolute Gasteiger partial charge is 0.282 e. The predicted octanol–water partition coefficient (Wildman–Crippen LogP) is 3.97. The molecule has 0 aromatic heterocycles. The first-order chi connectivity index (χ1) is 11.4. The second kappa shape index (κ2) is 6.11. The fourth-order valence-electron chi connectivity index (χ4n) is 3.05. The number of nitrogens with zero attached hydrogens (tertiary/aromatic N) is 2. The zero-order valence-electron chi connectivity index (χ0n) is 14.5. The number of urea groups is 1. The van der Waals surface area contributed by atoms with Crippen molar-refractivity contribution in [2.24, 2.45) is 0 Å². The number of amides is 3. The lowest BCUT2D eigenvalue weighted by atomic mass is 10.1. The molecular formula is C20H22N2O2. The summed E-state index contributed by atoms with van der Waals surface area (Å²) in [5.74, 6) is -0.151. The van der Waals surface area contributed by atoms with Gasteiger partial charge in [-0.25, -0.2) is 4.79 Å². The van der Waals surface area contributed by atoms with E-state index in [2.05, 4.69) is 0 Å². The summed E-state index contributed by atoms with van der Waals surface area (Å²) in [4.78, 5) is 28.4. The van der Waals surface area contributed by atoms with Gasteiger partial charge < -0.3 is 0 Å². The summed E-state index contributed by atoms with van der Waals surface area (Å²) in [5.41, 5.74) is 5.10. The van der Waals surface area contributed by atoms with Crippen LogP contribution in [0.1, 0.15) is 29.2 Å². The van der Waals surface area contributed by atoms with Crippen LogP contribution in [0.3, 0.4) is 0 Å². The van der Waals surface area contributed by atoms with Crippen molar-refractivity contribution in [2.75, 3.05) is 4.90 Å². The number of benzene rings is 2. The fraction of sp³-hybridized carbons (Fsp3) is 0.300. The molecule has 0 saturated carbocycles. The second-order valence-corrected chi connectivity index (χ2v) is 6.52. The topological polar surface area (TPSA) is 40.6 Å². The highest BCUT2D eigenvalue weighted by Gasteiger charge is 2.43. The van der Waals surface area contributed by atoms with Gasteiger partial charge in [0.15, 0.2) is 0 Å². The van der Waals surface area contributed by atoms with Crippen LogP contribution >= 0.6 is 0 Å². The molecule has 2 aromatic carbocycles. The molecule has 1 heterocycles. The van der Waals surface area contributed by atoms with Crippen molar-refractivity contribution in [3.8, 4) is 0 Å². The summed E-state index contributed by atoms with van der Waals surface area (Å²) in [6, 6.07) is 13.0. The number of imide groups is 1. The molecule has 0 spiro atoms. The number of rotatable bonds is 3. The van der Waals surface area contributed by atoms with E-state index in [4.69, 9.17) is 0 Å². The van der Waals surface area contributed by atoms with Gasteiger partial charge in [-0.15, -0.1) is 0 Å². The molecule has 4 heteroatoms. The summed E-state index contributed by atoms with van der Waals surface area (Å²) in [7, 11) is 0. The molecule has 1 saturated heterocycles. The maximum absolute atomic E-state index is 12.8. The van der Waals surface area contributed by atoms with E-state index in [-0.39, 0.29) is 11.9 Å². The molecule has 0 N–H and O–H groups in total. The third kappa shape index (κ3) is 2.80. The van der Waals surface area contributed by atoms with Crippen LogP contribution in [0.2, 0.25) is 0 Å². The van der Waals surface area contributed by atoms with E-state index < -0.39 is 6.04 Å². The van der Waals surface area contributed by atoms with Crippen LogP contribution in [0.5, 0.6) is 0 Å². The Morgan fingerprint density at radius 2 is 1.54 bits per heavy atom. The largest absolute Gasteiger partial charge is 0.332 e. The first-order valence-electron chi connectivity index (χ1n) is 8.16. The summed E-state index contributed by atoms with van der Waals surface area (Å²) in [5, 5.41) is 0. The molecule has 0 unspecified atom stereocenters. The first kappa shape index (κ1) is 16.2. The van der Waals surface area contributed by atoms with Gasteiger partial charge in [-0.05, 0) is 51.0 Å². The van der Waals surface area contributed by atoms with Crippen LogP contribution in [-0.2, 0) is 11.3 Å². The number of carbonyl (C=O) groups is 2. The molecule has 2 aromatic rings. The van der Waals surface area contributed by atoms with E-state index >= 15 is 0 Å². The Kier molecular flexibility index (Phi) is 4.14. The summed E-state index contributed by atoms with van der Waals surface area (Å²) in [6.07, 6.45) is 0. The zero-order valence-corrected chi connectivity index (χ0v) is 14.5. The number of hydrogen-bond donors (Lipinski definition) is 0. The lowest BCUT2D eigenvalue weighted by Gasteiger charge is -2.20. The van der Waals surface area contributed by atoms with E-state index in [9.17, 15) is 9.59 Å². The Morgan fingerprint density at radius 1 is 0.917 bits per heavy atom. The SMILES string of the molecule is Cc1ccc(N2C(=O)N(Cc3cc(C)ccc3C)C(=O)[C@H]2C)cc1. The van der Waals surface area contributed by atoms with Gasteiger partial charge in [0.1, 0.15) is 6.04 Å². The quantitative estimate of drug-likeness (QED) is 0.802. The molecular weight excluding hydrogens is 300 g/mol. The second-order valence-electron chi connectivity index (χ2n) is 6.52. The summed E-state index contributed by atoms with van der Waals surface area (Å²) in [6.45, 7) is 8.11. The number of anilines is 1. The Labute approximate surface area is 142 Å². The molecule has 4 nitrogen and oxygen atoms in total. The van der Waals surface area contributed by atoms with Gasteiger partial charge in [0.25, 0.3) is 5.91 Å². The minimum atomic E-state index is -0.481. The van der Waals surface area contributed by atoms with Gasteiger partial charge in [-0.2, -0.15) is 0 Å². The van der Waals surface area contributed by atoms with Crippen LogP contribution < -0.4 is 4.90 Å². The molecule has 24 heavy (non-hydrogen) atoms. The van der Waals surface area contributed by atoms with Crippen LogP contribution in [0.15, 0.2) is 42.5 Å². The van der Waals surface area contributed by atoms with Gasteiger partial charge in [0.2, 0.25) is 0 Å². The van der Waals surface area contributed by atoms with Crippen LogP contribution in [0.25, 0.3) is 0 Å². The lowest BCUT2D eigenvalue weighted by Crippen LogP contribution is -2.33. The van der Waals surface area contributed by atoms with Crippen LogP contribution in [-0.4, -0.2) is 22.9 Å². The number of hydrogen-bond acceptors (Lipinski definition) is 2. The standard InChI is InChI=1S/C20H22N2O2/c1-13-6-9-18(10-7-13)22-16(4)19(23)21(20(22)24)12-17-11-14(2)5-8-15(17)3/h5-11,16H,12H2,1-4H3/t16-/m1/s1. The Morgan fingerprint density at radius 3 is 2.21 bits per heavy atom. The van der Waals surface area contributed by atoms with Gasteiger partial charge in [0, 0.05) is 5.69 Å². The van der Waals surface area contributed by atoms with E-state index in [0.29, 0.717) is 6.54 Å². The molecule has 1 aliphatic heterocycles. The number of aryl methyl sites for hydroxylation is 3. The predicted molar refractivity (Wildman–Crippen MR) is 95.0 cm³/mol. The Hall–Kier alpha value is -2.62. The van der Waals surface area contributed by atoms with Crippen molar-refractivity contribution in [1.82, 2.24) is 4.90 Å². The maximum Gasteiger partial charge on any atom is 0.332 e. The van der Waals surface area contributed by atoms with Crippen molar-refractivity contribution < 1.29 is 9.59 Å². The van der Waals surface area contributed by atoms with Gasteiger partial charge in [0.05, 0.1) is 6.54 Å². The molecule has 124 valence electrons. The first-order valence-corrected chi connectivity index (χ1v) is 8.16. The fourth-order valence-corrected chi connectivity index (χ4v) is 3.05. The highest BCUT2D eigenvalue weighted by Crippen LogP contribution is 2.27. The molecule has 0 radical (unpaired) electrons. The van der Waals surface area contributed by atoms with Crippen LogP contribution in [0, 0.1) is 20.8 Å². The Balaban J connectivity index is 1.90. The maximum atomic E-state index is 12.8. The molecule has 1 fully saturated rings. The van der Waals surface area contributed by atoms with Gasteiger partial charge >= 0.3 is 6.03 Å². The van der Waals surface area contributed by atoms with Crippen LogP contribution in [0.4, 0.5) is 10.5 Å². The van der Waals surface area contributed by atoms with Gasteiger partial charge in [-0.3, -0.25) is 14.6 Å². The minimum absolute atomic E-state index is 0.151. The summed E-state index contributed by atoms with van der Waals surface area (Å²) >= 11 is 0. The van der Waals surface area contributed by atoms with E-state index in [1.165, 1.54) is 4.90 Å². The average Bonchev–Trinajstić information content (AvgIpc) is 2.76. The molecule has 0 bridgehead atoms. The normalized spacial score (nSPS) is 17.8. The highest BCUT2D eigenvalue weighted by molar-refractivity contribution is 6.14. The van der Waals surface area contributed by atoms with Crippen molar-refractivity contribution in [3.05, 3.63) is 64.7 Å². The van der Waals surface area contributed by atoms with E-state index in [1.54, 1.807) is 11.8 Å². The molecule has 3 amide bonds. The Bertz CT molecular complexity index is 796. The lowest BCUT2D eigenvalue weighted by molar-refractivity contribution is -0.127. The van der Waals surface area contributed by atoms with Crippen molar-refractivity contribution >= 4 is 17.6 Å². The third-order valence-corrected chi connectivity index (χ3v) is 4.59. The summed E-state index contributed by atoms with van der Waals surface area (Å²) < 4.78 is 0. The van der Waals surface area contributed by atoms with Crippen molar-refractivity contribution in [1.29, 1.82) is 0 Å². The molecule has 3 rings (SSSR count). The zero-order chi connectivity index (χ0) is 17.4. The molecule has 0 aliphatic carbocycles. The molecule has 1 atom stereocenters.